The molecule has 6 nitrogen and oxygen atoms in total. The summed E-state index contributed by atoms with van der Waals surface area (Å²) in [6, 6.07) is 0. The average molecular weight is 742 g/mol. The van der Waals surface area contributed by atoms with Gasteiger partial charge in [0.2, 0.25) is 0 Å². The molecule has 0 saturated heterocycles. The molecule has 0 fully saturated rings. The Kier molecular flexibility index (Phi) is 35.1. The van der Waals surface area contributed by atoms with Gasteiger partial charge in [-0.25, -0.2) is 0 Å². The first-order chi connectivity index (χ1) is 19.5. The quantitative estimate of drug-likeness (QED) is 0.0944. The number of aliphatic carboxylic acids is 3. The van der Waals surface area contributed by atoms with E-state index in [9.17, 15) is 29.7 Å². The number of unbranched alkanes of at least 4 members (excludes halogenated alkanes) is 15. The van der Waals surface area contributed by atoms with Crippen molar-refractivity contribution in [2.45, 2.75) is 197 Å². The van der Waals surface area contributed by atoms with E-state index >= 15 is 0 Å². The molecular formula is C36H69NdO6. The number of rotatable bonds is 24. The molecule has 0 spiro atoms. The number of carboxylic acids is 3. The fraction of sp³-hybridized carbons (Fsp3) is 0.917. The first-order valence-corrected chi connectivity index (χ1v) is 17.2. The third-order valence-corrected chi connectivity index (χ3v) is 8.12. The Balaban J connectivity index is -0.000000262. The number of carbonyl (C=O) groups excluding carboxylic acids is 3. The van der Waals surface area contributed by atoms with E-state index in [2.05, 4.69) is 20.8 Å². The van der Waals surface area contributed by atoms with Crippen LogP contribution < -0.4 is 15.3 Å². The molecule has 0 amide bonds. The summed E-state index contributed by atoms with van der Waals surface area (Å²) in [5.41, 5.74) is -1.94. The van der Waals surface area contributed by atoms with Gasteiger partial charge in [-0.1, -0.05) is 178 Å². The SMILES string of the molecule is CCCCCCCCC(C)(C)C(=O)[O-].CCCCCCCCC(C)(C)C(=O)[O-].CCCCCCCCC(C)(C)C(=O)[O-].[Nd+3]. The Morgan fingerprint density at radius 3 is 0.698 bits per heavy atom. The minimum Gasteiger partial charge on any atom is -0.550 e. The van der Waals surface area contributed by atoms with Crippen molar-refractivity contribution in [3.63, 3.8) is 0 Å². The van der Waals surface area contributed by atoms with Crippen molar-refractivity contribution >= 4 is 17.9 Å². The number of hydrogen-bond acceptors (Lipinski definition) is 6. The monoisotopic (exact) mass is 739 g/mol. The minimum atomic E-state index is -0.925. The second-order valence-electron chi connectivity index (χ2n) is 14.1. The zero-order valence-electron chi connectivity index (χ0n) is 29.8. The molecule has 0 aromatic rings. The molecule has 0 bridgehead atoms. The normalized spacial score (nSPS) is 11.4. The smallest absolute Gasteiger partial charge is 0.550 e. The van der Waals surface area contributed by atoms with E-state index in [0.29, 0.717) is 0 Å². The summed E-state index contributed by atoms with van der Waals surface area (Å²) in [6.07, 6.45) is 23.9. The van der Waals surface area contributed by atoms with Crippen LogP contribution in [0.2, 0.25) is 0 Å². The van der Waals surface area contributed by atoms with Gasteiger partial charge in [0.1, 0.15) is 0 Å². The summed E-state index contributed by atoms with van der Waals surface area (Å²) in [6.45, 7) is 17.0. The third kappa shape index (κ3) is 33.0. The zero-order valence-corrected chi connectivity index (χ0v) is 33.0. The molecule has 0 aromatic heterocycles. The maximum atomic E-state index is 10.7. The van der Waals surface area contributed by atoms with Gasteiger partial charge in [0, 0.05) is 34.2 Å². The fourth-order valence-corrected chi connectivity index (χ4v) is 4.35. The van der Waals surface area contributed by atoms with Gasteiger partial charge in [0.05, 0.1) is 0 Å². The van der Waals surface area contributed by atoms with Crippen LogP contribution in [0, 0.1) is 57.1 Å². The van der Waals surface area contributed by atoms with Crippen LogP contribution in [0.1, 0.15) is 197 Å². The van der Waals surface area contributed by atoms with Crippen LogP contribution in [-0.2, 0) is 14.4 Å². The second-order valence-corrected chi connectivity index (χ2v) is 14.1. The molecular weight excluding hydrogens is 673 g/mol. The van der Waals surface area contributed by atoms with E-state index in [0.717, 1.165) is 57.8 Å². The van der Waals surface area contributed by atoms with Crippen LogP contribution in [-0.4, -0.2) is 17.9 Å². The average Bonchev–Trinajstić information content (AvgIpc) is 2.90. The third-order valence-electron chi connectivity index (χ3n) is 8.12. The van der Waals surface area contributed by atoms with Crippen molar-refractivity contribution in [3.05, 3.63) is 0 Å². The van der Waals surface area contributed by atoms with Gasteiger partial charge in [-0.05, 0) is 19.3 Å². The Labute approximate surface area is 299 Å². The number of carbonyl (C=O) groups is 3. The van der Waals surface area contributed by atoms with E-state index in [1.165, 1.54) is 77.0 Å². The molecule has 0 atom stereocenters. The predicted molar refractivity (Wildman–Crippen MR) is 170 cm³/mol. The summed E-state index contributed by atoms with van der Waals surface area (Å²) in [7, 11) is 0. The minimum absolute atomic E-state index is 0. The standard InChI is InChI=1S/3C12H24O2.Nd/c3*1-4-5-6-7-8-9-10-12(2,3)11(13)14;/h3*4-10H2,1-3H3,(H,13,14);/q;;;+3/p-3. The van der Waals surface area contributed by atoms with Crippen LogP contribution in [0.25, 0.3) is 0 Å². The maximum Gasteiger partial charge on any atom is 3.00 e. The van der Waals surface area contributed by atoms with E-state index in [1.54, 1.807) is 41.5 Å². The molecule has 0 aliphatic carbocycles. The van der Waals surface area contributed by atoms with Crippen LogP contribution in [0.4, 0.5) is 0 Å². The van der Waals surface area contributed by atoms with E-state index < -0.39 is 34.2 Å². The Hall–Kier alpha value is -0.239. The molecule has 0 aromatic carbocycles. The van der Waals surface area contributed by atoms with E-state index in [-0.39, 0.29) is 40.8 Å². The second kappa shape index (κ2) is 30.4. The molecule has 253 valence electrons. The number of carboxylic acid groups (broad SMARTS) is 3. The molecule has 0 aliphatic heterocycles. The predicted octanol–water partition coefficient (Wildman–Crippen LogP) is 7.54. The van der Waals surface area contributed by atoms with Crippen LogP contribution in [0.5, 0.6) is 0 Å². The molecule has 7 heteroatoms. The largest absolute Gasteiger partial charge is 3.00 e. The van der Waals surface area contributed by atoms with Crippen molar-refractivity contribution in [1.82, 2.24) is 0 Å². The Bertz CT molecular complexity index is 582. The van der Waals surface area contributed by atoms with Crippen molar-refractivity contribution in [2.75, 3.05) is 0 Å². The van der Waals surface area contributed by atoms with Gasteiger partial charge in [0.25, 0.3) is 0 Å². The molecule has 0 unspecified atom stereocenters. The molecule has 43 heavy (non-hydrogen) atoms. The molecule has 0 N–H and O–H groups in total. The van der Waals surface area contributed by atoms with Crippen molar-refractivity contribution in [1.29, 1.82) is 0 Å². The molecule has 0 heterocycles. The van der Waals surface area contributed by atoms with Crippen LogP contribution >= 0.6 is 0 Å². The van der Waals surface area contributed by atoms with Crippen LogP contribution in [0.3, 0.4) is 0 Å². The molecule has 0 aliphatic rings. The Morgan fingerprint density at radius 1 is 0.372 bits per heavy atom. The summed E-state index contributed by atoms with van der Waals surface area (Å²) < 4.78 is 0. The van der Waals surface area contributed by atoms with Gasteiger partial charge in [-0.15, -0.1) is 0 Å². The molecule has 0 saturated carbocycles. The van der Waals surface area contributed by atoms with Crippen molar-refractivity contribution in [2.24, 2.45) is 16.2 Å². The van der Waals surface area contributed by atoms with Crippen molar-refractivity contribution < 1.29 is 70.5 Å². The summed E-state index contributed by atoms with van der Waals surface area (Å²) in [5, 5.41) is 32.0. The van der Waals surface area contributed by atoms with E-state index in [4.69, 9.17) is 0 Å². The van der Waals surface area contributed by atoms with Gasteiger partial charge in [-0.2, -0.15) is 0 Å². The molecule has 1 radical (unpaired) electrons. The first kappa shape index (κ1) is 49.6. The first-order valence-electron chi connectivity index (χ1n) is 17.2. The number of hydrogen-bond donors (Lipinski definition) is 0. The van der Waals surface area contributed by atoms with E-state index in [1.807, 2.05) is 0 Å². The van der Waals surface area contributed by atoms with Crippen LogP contribution in [0.15, 0.2) is 0 Å². The van der Waals surface area contributed by atoms with Gasteiger partial charge >= 0.3 is 40.8 Å². The summed E-state index contributed by atoms with van der Waals surface area (Å²) >= 11 is 0. The summed E-state index contributed by atoms with van der Waals surface area (Å²) in [4.78, 5) is 32.0. The summed E-state index contributed by atoms with van der Waals surface area (Å²) in [5.74, 6) is -2.77. The maximum absolute atomic E-state index is 10.7. The zero-order chi connectivity index (χ0) is 33.1. The fourth-order valence-electron chi connectivity index (χ4n) is 4.35. The van der Waals surface area contributed by atoms with Crippen molar-refractivity contribution in [3.8, 4) is 0 Å². The van der Waals surface area contributed by atoms with Gasteiger partial charge < -0.3 is 29.7 Å². The Morgan fingerprint density at radius 2 is 0.535 bits per heavy atom. The molecule has 0 rings (SSSR count). The van der Waals surface area contributed by atoms with Gasteiger partial charge in [0.15, 0.2) is 0 Å². The van der Waals surface area contributed by atoms with Gasteiger partial charge in [-0.3, -0.25) is 0 Å². The topological polar surface area (TPSA) is 120 Å².